The highest BCUT2D eigenvalue weighted by molar-refractivity contribution is 6.33. The molecule has 3 aromatic heterocycles. The van der Waals surface area contributed by atoms with Crippen LogP contribution in [-0.4, -0.2) is 59.8 Å². The normalized spacial score (nSPS) is 17.9. The maximum absolute atomic E-state index is 12.9. The number of fused-ring (bicyclic) bond motifs is 1. The fourth-order valence-electron chi connectivity index (χ4n) is 4.05. The molecular formula is C23H30ClN9O4. The number of hydrogen-bond donors (Lipinski definition) is 4. The number of carbonyl (C=O) groups excluding carboxylic acids is 3. The molecule has 37 heavy (non-hydrogen) atoms. The van der Waals surface area contributed by atoms with Gasteiger partial charge in [0.15, 0.2) is 17.0 Å². The summed E-state index contributed by atoms with van der Waals surface area (Å²) in [7, 11) is 0. The first-order valence-electron chi connectivity index (χ1n) is 11.9. The largest absolute Gasteiger partial charge is 0.444 e. The lowest BCUT2D eigenvalue weighted by Crippen LogP contribution is -2.42. The molecule has 0 saturated heterocycles. The van der Waals surface area contributed by atoms with Crippen LogP contribution in [0, 0.1) is 0 Å². The maximum Gasteiger partial charge on any atom is 0.413 e. The number of carbonyl (C=O) groups is 3. The minimum Gasteiger partial charge on any atom is -0.444 e. The van der Waals surface area contributed by atoms with Crippen LogP contribution >= 0.6 is 11.6 Å². The van der Waals surface area contributed by atoms with Gasteiger partial charge in [-0.3, -0.25) is 25.0 Å². The van der Waals surface area contributed by atoms with Gasteiger partial charge in [-0.2, -0.15) is 0 Å². The lowest BCUT2D eigenvalue weighted by atomic mass is 9.92. The highest BCUT2D eigenvalue weighted by Gasteiger charge is 2.24. The second kappa shape index (κ2) is 10.7. The maximum atomic E-state index is 12.9. The van der Waals surface area contributed by atoms with Crippen molar-refractivity contribution in [1.82, 2.24) is 29.5 Å². The Morgan fingerprint density at radius 2 is 1.89 bits per heavy atom. The first-order valence-corrected chi connectivity index (χ1v) is 12.3. The van der Waals surface area contributed by atoms with E-state index in [9.17, 15) is 14.4 Å². The number of nitrogens with one attached hydrogen (secondary N) is 3. The minimum atomic E-state index is -0.689. The third-order valence-electron chi connectivity index (χ3n) is 5.74. The lowest BCUT2D eigenvalue weighted by Gasteiger charge is -2.27. The van der Waals surface area contributed by atoms with E-state index in [1.165, 1.54) is 34.2 Å². The molecule has 0 spiro atoms. The summed E-state index contributed by atoms with van der Waals surface area (Å²) in [4.78, 5) is 50.4. The van der Waals surface area contributed by atoms with E-state index in [-0.39, 0.29) is 46.6 Å². The average Bonchev–Trinajstić information content (AvgIpc) is 3.38. The van der Waals surface area contributed by atoms with Crippen molar-refractivity contribution < 1.29 is 19.1 Å². The van der Waals surface area contributed by atoms with E-state index in [2.05, 4.69) is 31.0 Å². The third kappa shape index (κ3) is 6.54. The Hall–Kier alpha value is -3.71. The summed E-state index contributed by atoms with van der Waals surface area (Å²) in [6, 6.07) is 1.69. The number of nitrogens with two attached hydrogens (primary N) is 1. The van der Waals surface area contributed by atoms with Crippen LogP contribution in [0.5, 0.6) is 0 Å². The van der Waals surface area contributed by atoms with E-state index in [1.54, 1.807) is 20.8 Å². The van der Waals surface area contributed by atoms with Gasteiger partial charge in [-0.05, 0) is 52.5 Å². The van der Waals surface area contributed by atoms with Crippen molar-refractivity contribution >= 4 is 46.5 Å². The lowest BCUT2D eigenvalue weighted by molar-refractivity contribution is -0.117. The molecule has 1 fully saturated rings. The van der Waals surface area contributed by atoms with E-state index in [0.29, 0.717) is 5.65 Å². The average molecular weight is 532 g/mol. The Bertz CT molecular complexity index is 1310. The van der Waals surface area contributed by atoms with Gasteiger partial charge >= 0.3 is 6.09 Å². The van der Waals surface area contributed by atoms with Gasteiger partial charge in [-0.25, -0.2) is 19.7 Å². The Balaban J connectivity index is 1.43. The molecule has 0 aliphatic heterocycles. The molecule has 1 aliphatic carbocycles. The number of hydrogen-bond acceptors (Lipinski definition) is 8. The standard InChI is InChI=1S/C23H30ClN9O4/c1-23(2,3)37-22(36)30-19-17-20(27-11-26-19)32(12-28-17)10-16(34)31-33-9-8-15(24)18(33)21(35)29-14-6-4-13(25)5-7-14/h8-9,11-14H,4-7,10,25H2,1-3H3,(H,29,35)(H,31,34)(H,26,27,30,36)/t13-,14-. The fraction of sp³-hybridized carbons (Fsp3) is 0.478. The SMILES string of the molecule is CC(C)(C)OC(=O)Nc1ncnc2c1ncn2CC(=O)Nn1ccc(Cl)c1C(=O)N[C@H]1CC[C@H](N)CC1. The van der Waals surface area contributed by atoms with Crippen molar-refractivity contribution in [3.63, 3.8) is 0 Å². The van der Waals surface area contributed by atoms with Crippen molar-refractivity contribution in [3.8, 4) is 0 Å². The Morgan fingerprint density at radius 1 is 1.16 bits per heavy atom. The van der Waals surface area contributed by atoms with Crippen LogP contribution in [0.1, 0.15) is 56.9 Å². The summed E-state index contributed by atoms with van der Waals surface area (Å²) >= 11 is 6.25. The number of rotatable bonds is 6. The number of halogens is 1. The van der Waals surface area contributed by atoms with Gasteiger partial charge in [0, 0.05) is 18.3 Å². The molecule has 3 amide bonds. The summed E-state index contributed by atoms with van der Waals surface area (Å²) in [6.45, 7) is 5.06. The van der Waals surface area contributed by atoms with Crippen molar-refractivity contribution in [1.29, 1.82) is 0 Å². The minimum absolute atomic E-state index is 0.00269. The molecule has 0 radical (unpaired) electrons. The van der Waals surface area contributed by atoms with Crippen LogP contribution in [0.4, 0.5) is 10.6 Å². The molecule has 1 saturated carbocycles. The zero-order valence-electron chi connectivity index (χ0n) is 20.8. The highest BCUT2D eigenvalue weighted by Crippen LogP contribution is 2.21. The van der Waals surface area contributed by atoms with Crippen LogP contribution in [0.3, 0.4) is 0 Å². The number of nitrogens with zero attached hydrogens (tertiary/aromatic N) is 5. The van der Waals surface area contributed by atoms with Gasteiger partial charge in [-0.1, -0.05) is 11.6 Å². The Labute approximate surface area is 218 Å². The number of imidazole rings is 1. The molecule has 0 atom stereocenters. The smallest absolute Gasteiger partial charge is 0.413 e. The van der Waals surface area contributed by atoms with Gasteiger partial charge in [0.25, 0.3) is 11.8 Å². The van der Waals surface area contributed by atoms with E-state index < -0.39 is 17.6 Å². The Morgan fingerprint density at radius 3 is 2.59 bits per heavy atom. The molecule has 0 aromatic carbocycles. The van der Waals surface area contributed by atoms with Crippen LogP contribution < -0.4 is 21.8 Å². The summed E-state index contributed by atoms with van der Waals surface area (Å²) in [5.74, 6) is -0.683. The molecule has 14 heteroatoms. The molecule has 0 unspecified atom stereocenters. The van der Waals surface area contributed by atoms with Gasteiger partial charge in [0.1, 0.15) is 24.2 Å². The number of anilines is 1. The zero-order chi connectivity index (χ0) is 26.7. The molecule has 1 aliphatic rings. The van der Waals surface area contributed by atoms with Crippen molar-refractivity contribution in [2.75, 3.05) is 10.7 Å². The van der Waals surface area contributed by atoms with Gasteiger partial charge in [0.05, 0.1) is 11.3 Å². The number of ether oxygens (including phenoxy) is 1. The molecule has 13 nitrogen and oxygen atoms in total. The summed E-state index contributed by atoms with van der Waals surface area (Å²) in [5, 5.41) is 5.73. The van der Waals surface area contributed by atoms with Gasteiger partial charge in [0.2, 0.25) is 0 Å². The third-order valence-corrected chi connectivity index (χ3v) is 6.04. The summed E-state index contributed by atoms with van der Waals surface area (Å²) < 4.78 is 8.03. The monoisotopic (exact) mass is 531 g/mol. The van der Waals surface area contributed by atoms with E-state index in [1.807, 2.05) is 0 Å². The fourth-order valence-corrected chi connectivity index (χ4v) is 4.28. The summed E-state index contributed by atoms with van der Waals surface area (Å²) in [5.41, 5.74) is 8.67. The molecular weight excluding hydrogens is 502 g/mol. The summed E-state index contributed by atoms with van der Waals surface area (Å²) in [6.07, 6.45) is 6.73. The van der Waals surface area contributed by atoms with Crippen LogP contribution in [-0.2, 0) is 16.1 Å². The van der Waals surface area contributed by atoms with Crippen molar-refractivity contribution in [2.24, 2.45) is 5.73 Å². The predicted octanol–water partition coefficient (Wildman–Crippen LogP) is 2.40. The van der Waals surface area contributed by atoms with E-state index in [4.69, 9.17) is 22.1 Å². The molecule has 4 rings (SSSR count). The molecule has 198 valence electrons. The molecule has 3 aromatic rings. The number of amides is 3. The highest BCUT2D eigenvalue weighted by atomic mass is 35.5. The first kappa shape index (κ1) is 26.4. The van der Waals surface area contributed by atoms with Gasteiger partial charge < -0.3 is 20.4 Å². The van der Waals surface area contributed by atoms with Crippen LogP contribution in [0.15, 0.2) is 24.9 Å². The molecule has 3 heterocycles. The second-order valence-electron chi connectivity index (χ2n) is 9.90. The number of aromatic nitrogens is 5. The van der Waals surface area contributed by atoms with Crippen LogP contribution in [0.2, 0.25) is 5.02 Å². The predicted molar refractivity (Wildman–Crippen MR) is 137 cm³/mol. The van der Waals surface area contributed by atoms with Crippen molar-refractivity contribution in [3.05, 3.63) is 35.6 Å². The topological polar surface area (TPSA) is 171 Å². The van der Waals surface area contributed by atoms with Crippen LogP contribution in [0.25, 0.3) is 11.2 Å². The van der Waals surface area contributed by atoms with Crippen molar-refractivity contribution in [2.45, 2.75) is 70.7 Å². The van der Waals surface area contributed by atoms with Gasteiger partial charge in [-0.15, -0.1) is 0 Å². The zero-order valence-corrected chi connectivity index (χ0v) is 21.6. The molecule has 0 bridgehead atoms. The Kier molecular flexibility index (Phi) is 7.64. The first-order chi connectivity index (χ1) is 17.5. The van der Waals surface area contributed by atoms with E-state index in [0.717, 1.165) is 25.7 Å². The van der Waals surface area contributed by atoms with E-state index >= 15 is 0 Å². The second-order valence-corrected chi connectivity index (χ2v) is 10.3. The quantitative estimate of drug-likeness (QED) is 0.375. The molecule has 5 N–H and O–H groups in total.